The van der Waals surface area contributed by atoms with Crippen LogP contribution in [0.5, 0.6) is 0 Å². The quantitative estimate of drug-likeness (QED) is 0.401. The smallest absolute Gasteiger partial charge is 0.407 e. The predicted molar refractivity (Wildman–Crippen MR) is 128 cm³/mol. The number of carbonyl (C=O) groups is 4. The van der Waals surface area contributed by atoms with Crippen LogP contribution in [0.4, 0.5) is 4.79 Å². The van der Waals surface area contributed by atoms with Crippen molar-refractivity contribution < 1.29 is 29.0 Å². The van der Waals surface area contributed by atoms with Gasteiger partial charge in [-0.15, -0.1) is 0 Å². The van der Waals surface area contributed by atoms with Crippen molar-refractivity contribution in [1.29, 1.82) is 0 Å². The summed E-state index contributed by atoms with van der Waals surface area (Å²) in [6.07, 6.45) is -2.04. The molecule has 10 heteroatoms. The van der Waals surface area contributed by atoms with Gasteiger partial charge in [0.2, 0.25) is 11.8 Å². The van der Waals surface area contributed by atoms with Gasteiger partial charge in [0.25, 0.3) is 5.91 Å². The van der Waals surface area contributed by atoms with E-state index in [-0.39, 0.29) is 11.8 Å². The number of ether oxygens (including phenoxy) is 1. The van der Waals surface area contributed by atoms with Crippen molar-refractivity contribution in [3.63, 3.8) is 0 Å². The summed E-state index contributed by atoms with van der Waals surface area (Å²) in [6.45, 7) is 8.42. The van der Waals surface area contributed by atoms with Gasteiger partial charge in [0, 0.05) is 14.1 Å². The van der Waals surface area contributed by atoms with E-state index in [0.29, 0.717) is 12.0 Å². The zero-order valence-corrected chi connectivity index (χ0v) is 21.0. The van der Waals surface area contributed by atoms with Crippen LogP contribution in [0.25, 0.3) is 0 Å². The van der Waals surface area contributed by atoms with E-state index in [1.807, 2.05) is 13.8 Å². The average molecular weight is 479 g/mol. The molecule has 4 N–H and O–H groups in total. The lowest BCUT2D eigenvalue weighted by Crippen LogP contribution is -2.53. The largest absolute Gasteiger partial charge is 0.444 e. The molecule has 190 valence electrons. The highest BCUT2D eigenvalue weighted by Crippen LogP contribution is 2.15. The second-order valence-electron chi connectivity index (χ2n) is 9.69. The molecule has 0 fully saturated rings. The fourth-order valence-electron chi connectivity index (χ4n) is 3.09. The highest BCUT2D eigenvalue weighted by atomic mass is 16.6. The molecule has 1 rings (SSSR count). The Morgan fingerprint density at radius 1 is 1.03 bits per heavy atom. The first-order valence-corrected chi connectivity index (χ1v) is 11.2. The maximum absolute atomic E-state index is 12.6. The molecule has 0 saturated heterocycles. The summed E-state index contributed by atoms with van der Waals surface area (Å²) in [4.78, 5) is 51.1. The highest BCUT2D eigenvalue weighted by Gasteiger charge is 2.31. The molecule has 0 aliphatic heterocycles. The summed E-state index contributed by atoms with van der Waals surface area (Å²) in [5, 5.41) is 18.0. The number of nitrogens with one attached hydrogen (secondary N) is 3. The van der Waals surface area contributed by atoms with Gasteiger partial charge in [0.05, 0.1) is 12.6 Å². The number of alkyl carbamates (subject to hydrolysis) is 1. The van der Waals surface area contributed by atoms with Gasteiger partial charge >= 0.3 is 6.09 Å². The molecule has 0 saturated carbocycles. The standard InChI is InChI=1S/C24H38N4O6/c1-15(2)13-17(26-23(33)34-24(3,4)5)20(30)21(31)25-14-18(29)27-19(22(32)28(6)7)16-11-9-8-10-12-16/h8-12,15,17,19-20,30H,13-14H2,1-7H3,(H,25,31)(H,26,33)(H,27,29)/t17-,19-,20?/m0/s1. The third-order valence-electron chi connectivity index (χ3n) is 4.63. The zero-order chi connectivity index (χ0) is 26.1. The third kappa shape index (κ3) is 10.2. The maximum atomic E-state index is 12.6. The van der Waals surface area contributed by atoms with Crippen molar-refractivity contribution in [1.82, 2.24) is 20.9 Å². The topological polar surface area (TPSA) is 137 Å². The van der Waals surface area contributed by atoms with Gasteiger partial charge in [-0.25, -0.2) is 4.79 Å². The van der Waals surface area contributed by atoms with E-state index in [2.05, 4.69) is 16.0 Å². The van der Waals surface area contributed by atoms with E-state index in [1.54, 1.807) is 65.2 Å². The van der Waals surface area contributed by atoms with Crippen LogP contribution in [0.1, 0.15) is 52.6 Å². The van der Waals surface area contributed by atoms with Crippen molar-refractivity contribution in [3.05, 3.63) is 35.9 Å². The van der Waals surface area contributed by atoms with Gasteiger partial charge in [-0.3, -0.25) is 14.4 Å². The van der Waals surface area contributed by atoms with Gasteiger partial charge < -0.3 is 30.7 Å². The van der Waals surface area contributed by atoms with Crippen molar-refractivity contribution in [2.75, 3.05) is 20.6 Å². The molecule has 0 bridgehead atoms. The molecule has 1 aromatic rings. The molecule has 4 amide bonds. The van der Waals surface area contributed by atoms with Crippen LogP contribution >= 0.6 is 0 Å². The molecule has 1 aromatic carbocycles. The van der Waals surface area contributed by atoms with Crippen LogP contribution < -0.4 is 16.0 Å². The Bertz CT molecular complexity index is 836. The number of aliphatic hydroxyl groups excluding tert-OH is 1. The van der Waals surface area contributed by atoms with E-state index in [4.69, 9.17) is 4.74 Å². The Labute approximate surface area is 201 Å². The SMILES string of the molecule is CC(C)C[C@H](NC(=O)OC(C)(C)C)C(O)C(=O)NCC(=O)N[C@H](C(=O)N(C)C)c1ccccc1. The van der Waals surface area contributed by atoms with E-state index in [9.17, 15) is 24.3 Å². The lowest BCUT2D eigenvalue weighted by atomic mass is 9.98. The molecule has 0 aliphatic rings. The second kappa shape index (κ2) is 12.9. The summed E-state index contributed by atoms with van der Waals surface area (Å²) < 4.78 is 5.21. The minimum atomic E-state index is -1.60. The molecule has 34 heavy (non-hydrogen) atoms. The van der Waals surface area contributed by atoms with Gasteiger partial charge in [0.15, 0.2) is 6.10 Å². The molecular weight excluding hydrogens is 440 g/mol. The predicted octanol–water partition coefficient (Wildman–Crippen LogP) is 1.35. The van der Waals surface area contributed by atoms with Crippen LogP contribution in [-0.4, -0.2) is 72.2 Å². The van der Waals surface area contributed by atoms with E-state index in [0.717, 1.165) is 0 Å². The Morgan fingerprint density at radius 2 is 1.62 bits per heavy atom. The number of likely N-dealkylation sites (N-methyl/N-ethyl adjacent to an activating group) is 1. The summed E-state index contributed by atoms with van der Waals surface area (Å²) in [5.74, 6) is -1.70. The minimum Gasteiger partial charge on any atom is -0.444 e. The second-order valence-corrected chi connectivity index (χ2v) is 9.69. The van der Waals surface area contributed by atoms with Crippen LogP contribution in [0.3, 0.4) is 0 Å². The number of aliphatic hydroxyl groups is 1. The van der Waals surface area contributed by atoms with Crippen molar-refractivity contribution in [2.24, 2.45) is 5.92 Å². The first-order chi connectivity index (χ1) is 15.7. The number of nitrogens with zero attached hydrogens (tertiary/aromatic N) is 1. The van der Waals surface area contributed by atoms with Crippen molar-refractivity contribution in [2.45, 2.75) is 64.8 Å². The van der Waals surface area contributed by atoms with Crippen LogP contribution in [0.15, 0.2) is 30.3 Å². The maximum Gasteiger partial charge on any atom is 0.407 e. The summed E-state index contributed by atoms with van der Waals surface area (Å²) >= 11 is 0. The molecule has 0 radical (unpaired) electrons. The van der Waals surface area contributed by atoms with Gasteiger partial charge in [-0.2, -0.15) is 0 Å². The minimum absolute atomic E-state index is 0.0642. The third-order valence-corrected chi connectivity index (χ3v) is 4.63. The molecule has 0 aromatic heterocycles. The number of hydrogen-bond donors (Lipinski definition) is 4. The number of carbonyl (C=O) groups excluding carboxylic acids is 4. The van der Waals surface area contributed by atoms with E-state index < -0.39 is 48.2 Å². The highest BCUT2D eigenvalue weighted by molar-refractivity contribution is 5.91. The number of amides is 4. The van der Waals surface area contributed by atoms with E-state index >= 15 is 0 Å². The lowest BCUT2D eigenvalue weighted by Gasteiger charge is -2.27. The monoisotopic (exact) mass is 478 g/mol. The fourth-order valence-corrected chi connectivity index (χ4v) is 3.09. The number of benzene rings is 1. The Morgan fingerprint density at radius 3 is 2.12 bits per heavy atom. The molecule has 0 heterocycles. The van der Waals surface area contributed by atoms with Crippen molar-refractivity contribution >= 4 is 23.8 Å². The number of hydrogen-bond acceptors (Lipinski definition) is 6. The Kier molecular flexibility index (Phi) is 11.0. The lowest BCUT2D eigenvalue weighted by molar-refractivity contribution is -0.135. The van der Waals surface area contributed by atoms with Gasteiger partial charge in [-0.1, -0.05) is 44.2 Å². The molecule has 1 unspecified atom stereocenters. The van der Waals surface area contributed by atoms with Crippen LogP contribution in [0.2, 0.25) is 0 Å². The fraction of sp³-hybridized carbons (Fsp3) is 0.583. The van der Waals surface area contributed by atoms with Crippen LogP contribution in [0, 0.1) is 5.92 Å². The molecular formula is C24H38N4O6. The molecule has 0 aliphatic carbocycles. The van der Waals surface area contributed by atoms with E-state index in [1.165, 1.54) is 4.90 Å². The Hall–Kier alpha value is -3.14. The first-order valence-electron chi connectivity index (χ1n) is 11.2. The van der Waals surface area contributed by atoms with Gasteiger partial charge in [0.1, 0.15) is 11.6 Å². The average Bonchev–Trinajstić information content (AvgIpc) is 2.73. The molecule has 0 spiro atoms. The summed E-state index contributed by atoms with van der Waals surface area (Å²) in [5.41, 5.74) is -0.142. The van der Waals surface area contributed by atoms with Crippen molar-refractivity contribution in [3.8, 4) is 0 Å². The molecule has 3 atom stereocenters. The number of rotatable bonds is 10. The Balaban J connectivity index is 2.79. The molecule has 10 nitrogen and oxygen atoms in total. The zero-order valence-electron chi connectivity index (χ0n) is 21.0. The summed E-state index contributed by atoms with van der Waals surface area (Å²) in [6, 6.07) is 6.90. The summed E-state index contributed by atoms with van der Waals surface area (Å²) in [7, 11) is 3.16. The normalized spacial score (nSPS) is 13.9. The van der Waals surface area contributed by atoms with Gasteiger partial charge in [-0.05, 0) is 38.7 Å². The first kappa shape index (κ1) is 28.9. The van der Waals surface area contributed by atoms with Crippen LogP contribution in [-0.2, 0) is 19.1 Å².